The first-order chi connectivity index (χ1) is 6.45. The zero-order valence-electron chi connectivity index (χ0n) is 6.67. The molecular weight excluding hydrogens is 218 g/mol. The Morgan fingerprint density at radius 1 is 1.64 bits per heavy atom. The second-order valence-electron chi connectivity index (χ2n) is 2.39. The summed E-state index contributed by atoms with van der Waals surface area (Å²) in [6.45, 7) is 0. The molecule has 0 aromatic carbocycles. The third-order valence-electron chi connectivity index (χ3n) is 1.52. The molecule has 0 spiro atoms. The first-order valence-electron chi connectivity index (χ1n) is 3.40. The van der Waals surface area contributed by atoms with E-state index in [4.69, 9.17) is 22.4 Å². The summed E-state index contributed by atoms with van der Waals surface area (Å²) < 4.78 is 24.6. The van der Waals surface area contributed by atoms with E-state index in [0.29, 0.717) is 6.20 Å². The smallest absolute Gasteiger partial charge is 0.337 e. The van der Waals surface area contributed by atoms with Crippen LogP contribution in [-0.4, -0.2) is 16.1 Å². The Bertz CT molecular complexity index is 384. The van der Waals surface area contributed by atoms with Gasteiger partial charge in [0.2, 0.25) is 0 Å². The minimum absolute atomic E-state index is 0.284. The van der Waals surface area contributed by atoms with Crippen LogP contribution in [0.25, 0.3) is 0 Å². The number of nitrogens with two attached hydrogens (primary N) is 1. The number of pyridine rings is 1. The Balaban J connectivity index is 3.45. The molecule has 0 amide bonds. The van der Waals surface area contributed by atoms with Gasteiger partial charge in [0, 0.05) is 6.20 Å². The van der Waals surface area contributed by atoms with Gasteiger partial charge >= 0.3 is 5.97 Å². The van der Waals surface area contributed by atoms with Gasteiger partial charge in [0.15, 0.2) is 0 Å². The van der Waals surface area contributed by atoms with Crippen molar-refractivity contribution in [1.29, 1.82) is 0 Å². The standard InChI is InChI=1S/C7H5ClF2N2O2/c8-4-3(7(13)14)2(5(9)10)1-12-6(4)11/h1,5H,(H2,11,12)(H,13,14). The van der Waals surface area contributed by atoms with Gasteiger partial charge in [0.25, 0.3) is 6.43 Å². The van der Waals surface area contributed by atoms with E-state index in [-0.39, 0.29) is 5.82 Å². The number of carboxylic acid groups (broad SMARTS) is 1. The predicted molar refractivity (Wildman–Crippen MR) is 45.6 cm³/mol. The number of nitrogen functional groups attached to an aromatic ring is 1. The Morgan fingerprint density at radius 3 is 2.64 bits per heavy atom. The zero-order chi connectivity index (χ0) is 10.9. The molecule has 0 unspecified atom stereocenters. The van der Waals surface area contributed by atoms with Crippen molar-refractivity contribution in [3.63, 3.8) is 0 Å². The highest BCUT2D eigenvalue weighted by Crippen LogP contribution is 2.30. The van der Waals surface area contributed by atoms with Crippen molar-refractivity contribution >= 4 is 23.4 Å². The maximum absolute atomic E-state index is 12.3. The monoisotopic (exact) mass is 222 g/mol. The van der Waals surface area contributed by atoms with Gasteiger partial charge in [-0.1, -0.05) is 11.6 Å². The molecule has 1 aromatic heterocycles. The third kappa shape index (κ3) is 1.74. The summed E-state index contributed by atoms with van der Waals surface area (Å²) in [6.07, 6.45) is -2.25. The van der Waals surface area contributed by atoms with Crippen LogP contribution < -0.4 is 5.73 Å². The lowest BCUT2D eigenvalue weighted by atomic mass is 10.1. The summed E-state index contributed by atoms with van der Waals surface area (Å²) >= 11 is 5.44. The lowest BCUT2D eigenvalue weighted by Crippen LogP contribution is -2.07. The molecule has 0 radical (unpaired) electrons. The number of halogens is 3. The number of anilines is 1. The molecule has 0 aliphatic heterocycles. The molecule has 0 fully saturated rings. The van der Waals surface area contributed by atoms with Crippen LogP contribution in [0.3, 0.4) is 0 Å². The quantitative estimate of drug-likeness (QED) is 0.802. The van der Waals surface area contributed by atoms with Gasteiger partial charge in [-0.05, 0) is 0 Å². The molecule has 14 heavy (non-hydrogen) atoms. The highest BCUT2D eigenvalue weighted by atomic mass is 35.5. The molecule has 0 saturated heterocycles. The lowest BCUT2D eigenvalue weighted by molar-refractivity contribution is 0.0684. The van der Waals surface area contributed by atoms with E-state index in [1.807, 2.05) is 0 Å². The van der Waals surface area contributed by atoms with Crippen molar-refractivity contribution in [1.82, 2.24) is 4.98 Å². The SMILES string of the molecule is Nc1ncc(C(F)F)c(C(=O)O)c1Cl. The van der Waals surface area contributed by atoms with E-state index < -0.39 is 28.5 Å². The fourth-order valence-corrected chi connectivity index (χ4v) is 1.14. The normalized spacial score (nSPS) is 10.6. The summed E-state index contributed by atoms with van der Waals surface area (Å²) in [5.41, 5.74) is 3.74. The van der Waals surface area contributed by atoms with Crippen molar-refractivity contribution in [3.8, 4) is 0 Å². The molecule has 76 valence electrons. The number of rotatable bonds is 2. The average Bonchev–Trinajstić information content (AvgIpc) is 2.08. The minimum Gasteiger partial charge on any atom is -0.478 e. The van der Waals surface area contributed by atoms with Crippen LogP contribution in [0.5, 0.6) is 0 Å². The number of hydrogen-bond acceptors (Lipinski definition) is 3. The molecular formula is C7H5ClF2N2O2. The van der Waals surface area contributed by atoms with E-state index in [2.05, 4.69) is 4.98 Å². The van der Waals surface area contributed by atoms with Gasteiger partial charge in [0.1, 0.15) is 5.82 Å². The number of alkyl halides is 2. The van der Waals surface area contributed by atoms with E-state index in [1.54, 1.807) is 0 Å². The Hall–Kier alpha value is -1.43. The molecule has 0 bridgehead atoms. The van der Waals surface area contributed by atoms with Crippen molar-refractivity contribution in [2.75, 3.05) is 5.73 Å². The number of carbonyl (C=O) groups is 1. The fourth-order valence-electron chi connectivity index (χ4n) is 0.898. The Morgan fingerprint density at radius 2 is 2.21 bits per heavy atom. The largest absolute Gasteiger partial charge is 0.478 e. The van der Waals surface area contributed by atoms with Crippen LogP contribution in [0.15, 0.2) is 6.20 Å². The molecule has 3 N–H and O–H groups in total. The molecule has 1 heterocycles. The van der Waals surface area contributed by atoms with Crippen LogP contribution in [0.1, 0.15) is 22.3 Å². The molecule has 7 heteroatoms. The van der Waals surface area contributed by atoms with Gasteiger partial charge in [-0.25, -0.2) is 18.6 Å². The first kappa shape index (κ1) is 10.6. The molecule has 0 aliphatic rings. The number of carboxylic acids is 1. The van der Waals surface area contributed by atoms with Gasteiger partial charge in [-0.2, -0.15) is 0 Å². The molecule has 0 aliphatic carbocycles. The number of hydrogen-bond donors (Lipinski definition) is 2. The molecule has 1 aromatic rings. The summed E-state index contributed by atoms with van der Waals surface area (Å²) in [5, 5.41) is 8.16. The van der Waals surface area contributed by atoms with E-state index in [0.717, 1.165) is 0 Å². The van der Waals surface area contributed by atoms with Crippen LogP contribution in [0.2, 0.25) is 5.02 Å². The zero-order valence-corrected chi connectivity index (χ0v) is 7.42. The third-order valence-corrected chi connectivity index (χ3v) is 1.91. The van der Waals surface area contributed by atoms with Crippen molar-refractivity contribution in [2.45, 2.75) is 6.43 Å². The number of nitrogens with zero attached hydrogens (tertiary/aromatic N) is 1. The second kappa shape index (κ2) is 3.75. The van der Waals surface area contributed by atoms with E-state index in [1.165, 1.54) is 0 Å². The van der Waals surface area contributed by atoms with Crippen molar-refractivity contribution < 1.29 is 18.7 Å². The minimum atomic E-state index is -2.95. The average molecular weight is 223 g/mol. The van der Waals surface area contributed by atoms with E-state index >= 15 is 0 Å². The fraction of sp³-hybridized carbons (Fsp3) is 0.143. The van der Waals surface area contributed by atoms with Gasteiger partial charge in [0.05, 0.1) is 16.1 Å². The lowest BCUT2D eigenvalue weighted by Gasteiger charge is -2.07. The number of aromatic carboxylic acids is 1. The molecule has 4 nitrogen and oxygen atoms in total. The maximum Gasteiger partial charge on any atom is 0.337 e. The maximum atomic E-state index is 12.3. The molecule has 0 atom stereocenters. The van der Waals surface area contributed by atoms with Crippen molar-refractivity contribution in [2.24, 2.45) is 0 Å². The molecule has 1 rings (SSSR count). The summed E-state index contributed by atoms with van der Waals surface area (Å²) in [7, 11) is 0. The molecule has 0 saturated carbocycles. The Kier molecular flexibility index (Phi) is 2.85. The van der Waals surface area contributed by atoms with Crippen LogP contribution in [-0.2, 0) is 0 Å². The first-order valence-corrected chi connectivity index (χ1v) is 3.78. The predicted octanol–water partition coefficient (Wildman–Crippen LogP) is 1.95. The second-order valence-corrected chi connectivity index (χ2v) is 2.77. The van der Waals surface area contributed by atoms with Crippen LogP contribution in [0, 0.1) is 0 Å². The highest BCUT2D eigenvalue weighted by molar-refractivity contribution is 6.35. The van der Waals surface area contributed by atoms with Crippen LogP contribution >= 0.6 is 11.6 Å². The summed E-state index contributed by atoms with van der Waals surface area (Å²) in [6, 6.07) is 0. The van der Waals surface area contributed by atoms with E-state index in [9.17, 15) is 13.6 Å². The summed E-state index contributed by atoms with van der Waals surface area (Å²) in [5.74, 6) is -1.84. The van der Waals surface area contributed by atoms with Gasteiger partial charge < -0.3 is 10.8 Å². The van der Waals surface area contributed by atoms with Gasteiger partial charge in [-0.15, -0.1) is 0 Å². The van der Waals surface area contributed by atoms with Crippen LogP contribution in [0.4, 0.5) is 14.6 Å². The highest BCUT2D eigenvalue weighted by Gasteiger charge is 2.23. The summed E-state index contributed by atoms with van der Waals surface area (Å²) in [4.78, 5) is 13.9. The number of aromatic nitrogens is 1. The Labute approximate surface area is 82.3 Å². The van der Waals surface area contributed by atoms with Gasteiger partial charge in [-0.3, -0.25) is 0 Å². The topological polar surface area (TPSA) is 76.2 Å². The van der Waals surface area contributed by atoms with Crippen molar-refractivity contribution in [3.05, 3.63) is 22.3 Å².